The van der Waals surface area contributed by atoms with Crippen LogP contribution >= 0.6 is 11.3 Å². The molecule has 0 radical (unpaired) electrons. The third-order valence-electron chi connectivity index (χ3n) is 5.69. The minimum atomic E-state index is -1.56. The van der Waals surface area contributed by atoms with Gasteiger partial charge in [-0.2, -0.15) is 5.26 Å². The number of amides is 1. The van der Waals surface area contributed by atoms with Crippen LogP contribution < -0.4 is 10.5 Å². The maximum atomic E-state index is 14.4. The molecule has 0 fully saturated rings. The van der Waals surface area contributed by atoms with Crippen LogP contribution in [0.15, 0.2) is 47.4 Å². The zero-order valence-electron chi connectivity index (χ0n) is 18.1. The number of nitriles is 1. The van der Waals surface area contributed by atoms with Crippen LogP contribution in [0.1, 0.15) is 32.7 Å². The highest BCUT2D eigenvalue weighted by Crippen LogP contribution is 2.37. The van der Waals surface area contributed by atoms with Crippen molar-refractivity contribution >= 4 is 33.6 Å². The van der Waals surface area contributed by atoms with Crippen molar-refractivity contribution in [1.82, 2.24) is 4.90 Å². The molecule has 1 atom stereocenters. The number of thiophene rings is 1. The highest BCUT2D eigenvalue weighted by atomic mass is 32.2. The van der Waals surface area contributed by atoms with E-state index in [2.05, 4.69) is 16.3 Å². The number of aryl methyl sites for hydroxylation is 1. The SMILES string of the molecule is Cc1cccc(CN2CCc3c(sc(NC(=O)Cc4ccc([S+](N)[O-])cc4)c3C#N)C2)c1F. The van der Waals surface area contributed by atoms with E-state index >= 15 is 0 Å². The first-order chi connectivity index (χ1) is 15.9. The second kappa shape index (κ2) is 10.0. The molecular formula is C24H23FN4O2S2. The lowest BCUT2D eigenvalue weighted by Gasteiger charge is -2.27. The predicted octanol–water partition coefficient (Wildman–Crippen LogP) is 3.79. The van der Waals surface area contributed by atoms with Crippen molar-refractivity contribution in [3.8, 4) is 6.07 Å². The van der Waals surface area contributed by atoms with Crippen LogP contribution in [-0.2, 0) is 42.1 Å². The van der Waals surface area contributed by atoms with Crippen molar-refractivity contribution in [1.29, 1.82) is 5.26 Å². The summed E-state index contributed by atoms with van der Waals surface area (Å²) in [6, 6.07) is 14.4. The molecule has 3 N–H and O–H groups in total. The van der Waals surface area contributed by atoms with Crippen molar-refractivity contribution in [2.75, 3.05) is 11.9 Å². The summed E-state index contributed by atoms with van der Waals surface area (Å²) in [5.74, 6) is -0.406. The fraction of sp³-hybridized carbons (Fsp3) is 0.250. The van der Waals surface area contributed by atoms with Crippen molar-refractivity contribution in [2.45, 2.75) is 37.8 Å². The maximum absolute atomic E-state index is 14.4. The Kier molecular flexibility index (Phi) is 7.12. The second-order valence-corrected chi connectivity index (χ2v) is 10.2. The van der Waals surface area contributed by atoms with Gasteiger partial charge in [-0.25, -0.2) is 4.39 Å². The van der Waals surface area contributed by atoms with Crippen LogP contribution in [-0.4, -0.2) is 21.9 Å². The highest BCUT2D eigenvalue weighted by Gasteiger charge is 2.26. The standard InChI is InChI=1S/C24H23FN4O2S2/c1-15-3-2-4-17(23(15)25)13-29-10-9-19-20(12-26)24(32-21(19)14-29)28-22(30)11-16-5-7-18(8-6-16)33(27)31/h2-8H,9-11,13-14,27H2,1H3,(H,28,30). The number of carbonyl (C=O) groups is 1. The first-order valence-corrected chi connectivity index (χ1v) is 12.4. The summed E-state index contributed by atoms with van der Waals surface area (Å²) in [6.07, 6.45) is 0.805. The predicted molar refractivity (Wildman–Crippen MR) is 127 cm³/mol. The quantitative estimate of drug-likeness (QED) is 0.520. The van der Waals surface area contributed by atoms with Gasteiger partial charge in [-0.15, -0.1) is 16.5 Å². The van der Waals surface area contributed by atoms with Crippen LogP contribution in [0.4, 0.5) is 9.39 Å². The molecule has 2 heterocycles. The van der Waals surface area contributed by atoms with Gasteiger partial charge < -0.3 is 9.87 Å². The Morgan fingerprint density at radius 3 is 2.79 bits per heavy atom. The van der Waals surface area contributed by atoms with Crippen LogP contribution in [0.25, 0.3) is 0 Å². The van der Waals surface area contributed by atoms with Crippen molar-refractivity contribution in [2.24, 2.45) is 5.14 Å². The van der Waals surface area contributed by atoms with Gasteiger partial charge in [0.2, 0.25) is 5.91 Å². The molecule has 0 saturated carbocycles. The Balaban J connectivity index is 1.45. The third kappa shape index (κ3) is 5.27. The van der Waals surface area contributed by atoms with Gasteiger partial charge in [0.25, 0.3) is 0 Å². The lowest BCUT2D eigenvalue weighted by molar-refractivity contribution is -0.115. The summed E-state index contributed by atoms with van der Waals surface area (Å²) in [5, 5.41) is 18.5. The van der Waals surface area contributed by atoms with Gasteiger partial charge in [0.1, 0.15) is 16.9 Å². The number of hydrogen-bond donors (Lipinski definition) is 2. The smallest absolute Gasteiger partial charge is 0.229 e. The van der Waals surface area contributed by atoms with Gasteiger partial charge in [-0.05, 0) is 42.2 Å². The maximum Gasteiger partial charge on any atom is 0.229 e. The average Bonchev–Trinajstić information content (AvgIpc) is 3.13. The van der Waals surface area contributed by atoms with Gasteiger partial charge in [-0.1, -0.05) is 30.3 Å². The van der Waals surface area contributed by atoms with E-state index in [0.717, 1.165) is 16.0 Å². The van der Waals surface area contributed by atoms with E-state index in [0.29, 0.717) is 52.6 Å². The van der Waals surface area contributed by atoms with E-state index in [-0.39, 0.29) is 18.1 Å². The Morgan fingerprint density at radius 1 is 1.33 bits per heavy atom. The monoisotopic (exact) mass is 482 g/mol. The number of halogens is 1. The number of rotatable bonds is 6. The zero-order chi connectivity index (χ0) is 23.5. The molecule has 3 aromatic rings. The molecule has 0 saturated heterocycles. The summed E-state index contributed by atoms with van der Waals surface area (Å²) in [4.78, 5) is 16.3. The van der Waals surface area contributed by atoms with E-state index in [1.807, 2.05) is 6.07 Å². The summed E-state index contributed by atoms with van der Waals surface area (Å²) in [6.45, 7) is 3.58. The topological polar surface area (TPSA) is 105 Å². The number of nitrogens with zero attached hydrogens (tertiary/aromatic N) is 2. The average molecular weight is 483 g/mol. The van der Waals surface area contributed by atoms with E-state index in [4.69, 9.17) is 5.14 Å². The summed E-state index contributed by atoms with van der Waals surface area (Å²) in [7, 11) is 0. The molecule has 6 nitrogen and oxygen atoms in total. The minimum Gasteiger partial charge on any atom is -0.593 e. The summed E-state index contributed by atoms with van der Waals surface area (Å²) in [5.41, 5.74) is 3.53. The molecule has 0 bridgehead atoms. The Hall–Kier alpha value is -2.74. The molecule has 9 heteroatoms. The third-order valence-corrected chi connectivity index (χ3v) is 7.56. The van der Waals surface area contributed by atoms with Crippen molar-refractivity contribution in [3.05, 3.63) is 81.0 Å². The van der Waals surface area contributed by atoms with E-state index < -0.39 is 11.4 Å². The number of fused-ring (bicyclic) bond motifs is 1. The first-order valence-electron chi connectivity index (χ1n) is 10.4. The van der Waals surface area contributed by atoms with Crippen LogP contribution in [0.3, 0.4) is 0 Å². The molecule has 1 aliphatic heterocycles. The van der Waals surface area contributed by atoms with Crippen molar-refractivity contribution < 1.29 is 13.7 Å². The number of benzene rings is 2. The molecule has 1 unspecified atom stereocenters. The number of nitrogens with one attached hydrogen (secondary N) is 1. The van der Waals surface area contributed by atoms with E-state index in [1.165, 1.54) is 11.3 Å². The Bertz CT molecular complexity index is 1220. The van der Waals surface area contributed by atoms with E-state index in [9.17, 15) is 19.0 Å². The molecule has 2 aromatic carbocycles. The largest absolute Gasteiger partial charge is 0.593 e. The molecule has 1 aromatic heterocycles. The number of carbonyl (C=O) groups excluding carboxylic acids is 1. The first kappa shape index (κ1) is 23.4. The van der Waals surface area contributed by atoms with Gasteiger partial charge in [0.15, 0.2) is 4.90 Å². The molecule has 0 aliphatic carbocycles. The molecular weight excluding hydrogens is 459 g/mol. The Morgan fingerprint density at radius 2 is 2.09 bits per heavy atom. The van der Waals surface area contributed by atoms with Crippen molar-refractivity contribution in [3.63, 3.8) is 0 Å². The second-order valence-electron chi connectivity index (χ2n) is 7.99. The summed E-state index contributed by atoms with van der Waals surface area (Å²) >= 11 is -0.154. The van der Waals surface area contributed by atoms with Gasteiger partial charge in [0.05, 0.1) is 23.3 Å². The molecule has 4 rings (SSSR count). The lowest BCUT2D eigenvalue weighted by atomic mass is 10.0. The van der Waals surface area contributed by atoms with Gasteiger partial charge in [0, 0.05) is 30.1 Å². The molecule has 1 amide bonds. The minimum absolute atomic E-state index is 0.129. The normalized spacial score (nSPS) is 14.4. The number of nitrogens with two attached hydrogens (primary N) is 1. The molecule has 0 spiro atoms. The zero-order valence-corrected chi connectivity index (χ0v) is 19.7. The van der Waals surface area contributed by atoms with Crippen LogP contribution in [0, 0.1) is 24.1 Å². The Labute approximate surface area is 199 Å². The van der Waals surface area contributed by atoms with Gasteiger partial charge in [-0.3, -0.25) is 9.69 Å². The molecule has 170 valence electrons. The summed E-state index contributed by atoms with van der Waals surface area (Å²) < 4.78 is 25.7. The number of hydrogen-bond acceptors (Lipinski definition) is 6. The van der Waals surface area contributed by atoms with E-state index in [1.54, 1.807) is 43.3 Å². The highest BCUT2D eigenvalue weighted by molar-refractivity contribution is 7.89. The fourth-order valence-corrected chi connectivity index (χ4v) is 5.63. The number of anilines is 1. The van der Waals surface area contributed by atoms with Gasteiger partial charge >= 0.3 is 0 Å². The lowest BCUT2D eigenvalue weighted by Crippen LogP contribution is -2.29. The van der Waals surface area contributed by atoms with Crippen LogP contribution in [0.2, 0.25) is 0 Å². The van der Waals surface area contributed by atoms with Crippen LogP contribution in [0.5, 0.6) is 0 Å². The molecule has 1 aliphatic rings. The fourth-order valence-electron chi connectivity index (χ4n) is 3.97. The molecule has 33 heavy (non-hydrogen) atoms.